The number of nitrogen functional groups attached to an aromatic ring is 1. The minimum absolute atomic E-state index is 0. The first-order valence-corrected chi connectivity index (χ1v) is 11.7. The fourth-order valence-corrected chi connectivity index (χ4v) is 5.06. The second-order valence-corrected chi connectivity index (χ2v) is 9.80. The molecule has 1 aliphatic heterocycles. The van der Waals surface area contributed by atoms with Gasteiger partial charge in [-0.2, -0.15) is 4.98 Å². The van der Waals surface area contributed by atoms with Crippen LogP contribution in [0.3, 0.4) is 0 Å². The van der Waals surface area contributed by atoms with Crippen LogP contribution in [0.2, 0.25) is 0 Å². The summed E-state index contributed by atoms with van der Waals surface area (Å²) in [6.07, 6.45) is -6.48. The van der Waals surface area contributed by atoms with Crippen molar-refractivity contribution >= 4 is 29.3 Å². The molecule has 172 valence electrons. The summed E-state index contributed by atoms with van der Waals surface area (Å²) in [7, 11) is -18.2. The molecule has 0 bridgehead atoms. The number of hydrogen-bond donors (Lipinski definition) is 4. The van der Waals surface area contributed by atoms with Gasteiger partial charge in [0.1, 0.15) is 18.3 Å². The molecule has 6 atom stereocenters. The van der Waals surface area contributed by atoms with Gasteiger partial charge in [0.25, 0.3) is 15.6 Å². The van der Waals surface area contributed by atoms with Crippen molar-refractivity contribution in [1.82, 2.24) is 9.55 Å². The topological polar surface area (TPSA) is 302 Å². The molecule has 1 aliphatic rings. The smallest absolute Gasteiger partial charge is 0.790 e. The van der Waals surface area contributed by atoms with Crippen molar-refractivity contribution in [2.24, 2.45) is 0 Å². The van der Waals surface area contributed by atoms with Crippen molar-refractivity contribution in [2.45, 2.75) is 24.5 Å². The van der Waals surface area contributed by atoms with E-state index in [2.05, 4.69) is 18.1 Å². The zero-order valence-electron chi connectivity index (χ0n) is 18.1. The number of aromatic hydroxyl groups is 1. The van der Waals surface area contributed by atoms with Gasteiger partial charge in [-0.25, -0.2) is 9.11 Å². The molecule has 2 heterocycles. The van der Waals surface area contributed by atoms with Gasteiger partial charge < -0.3 is 54.5 Å². The number of anilines is 1. The van der Waals surface area contributed by atoms with Crippen LogP contribution in [0.25, 0.3) is 0 Å². The molecule has 6 unspecified atom stereocenters. The van der Waals surface area contributed by atoms with Crippen LogP contribution in [-0.4, -0.2) is 49.8 Å². The van der Waals surface area contributed by atoms with Crippen molar-refractivity contribution in [3.8, 4) is 5.75 Å². The van der Waals surface area contributed by atoms with E-state index in [0.29, 0.717) is 10.8 Å². The summed E-state index contributed by atoms with van der Waals surface area (Å²) in [4.78, 5) is 58.1. The minimum atomic E-state index is -6.19. The number of aliphatic hydroxyl groups excluding tert-OH is 2. The molecule has 5 N–H and O–H groups in total. The van der Waals surface area contributed by atoms with Gasteiger partial charge in [-0.1, -0.05) is 0 Å². The van der Waals surface area contributed by atoms with Crippen molar-refractivity contribution < 1.29 is 142 Å². The molecule has 2 rings (SSSR count). The van der Waals surface area contributed by atoms with Crippen LogP contribution in [0.4, 0.5) is 5.82 Å². The molecule has 0 spiro atoms. The standard InChI is InChI=1S/C9H16N3O15P3.4Li/c10-7-3(13)1-12(9(16)11-7)8-6(15)5(14)4(25-8)2-24-29(20,21)27-30(22,23)26-28(17,18)19;;;;/h1,4-6,8,13-15H,2H2,(H,20,21)(H,22,23)(H2,10,11,16)(H2,17,18,19);;;;/q;4*+1/p-4. The first-order chi connectivity index (χ1) is 13.5. The maximum absolute atomic E-state index is 11.8. The third kappa shape index (κ3) is 11.3. The number of aliphatic hydroxyl groups is 2. The average Bonchev–Trinajstić information content (AvgIpc) is 2.81. The van der Waals surface area contributed by atoms with Gasteiger partial charge in [-0.15, -0.1) is 0 Å². The Morgan fingerprint density at radius 1 is 1.03 bits per heavy atom. The molecule has 0 amide bonds. The second-order valence-electron chi connectivity index (χ2n) is 5.55. The van der Waals surface area contributed by atoms with E-state index >= 15 is 0 Å². The first kappa shape index (κ1) is 39.7. The van der Waals surface area contributed by atoms with E-state index in [1.807, 2.05) is 0 Å². The molecule has 1 saturated heterocycles. The molecule has 34 heavy (non-hydrogen) atoms. The third-order valence-electron chi connectivity index (χ3n) is 3.37. The maximum Gasteiger partial charge on any atom is 1.00 e. The minimum Gasteiger partial charge on any atom is -0.790 e. The Hall–Kier alpha value is 1.16. The summed E-state index contributed by atoms with van der Waals surface area (Å²) in [5, 5.41) is 29.4. The predicted octanol–water partition coefficient (Wildman–Crippen LogP) is -17.0. The number of phosphoric acid groups is 3. The van der Waals surface area contributed by atoms with E-state index in [-0.39, 0.29) is 75.4 Å². The van der Waals surface area contributed by atoms with Crippen molar-refractivity contribution in [1.29, 1.82) is 0 Å². The average molecular weight is 523 g/mol. The summed E-state index contributed by atoms with van der Waals surface area (Å²) in [5.41, 5.74) is 4.10. The van der Waals surface area contributed by atoms with E-state index in [9.17, 15) is 53.4 Å². The van der Waals surface area contributed by atoms with Crippen LogP contribution < -0.4 is 106 Å². The quantitative estimate of drug-likeness (QED) is 0.182. The summed E-state index contributed by atoms with van der Waals surface area (Å²) < 4.78 is 48.8. The van der Waals surface area contributed by atoms with E-state index < -0.39 is 71.9 Å². The van der Waals surface area contributed by atoms with Crippen molar-refractivity contribution in [3.63, 3.8) is 0 Å². The van der Waals surface area contributed by atoms with E-state index in [4.69, 9.17) is 10.5 Å². The van der Waals surface area contributed by atoms with Crippen LogP contribution in [0.1, 0.15) is 6.23 Å². The molecule has 1 aromatic heterocycles. The number of phosphoric ester groups is 1. The van der Waals surface area contributed by atoms with Gasteiger partial charge in [-0.3, -0.25) is 18.0 Å². The third-order valence-corrected chi connectivity index (χ3v) is 7.03. The van der Waals surface area contributed by atoms with Crippen LogP contribution in [-0.2, 0) is 31.6 Å². The van der Waals surface area contributed by atoms with E-state index in [1.54, 1.807) is 0 Å². The Labute approximate surface area is 238 Å². The van der Waals surface area contributed by atoms with Crippen molar-refractivity contribution in [3.05, 3.63) is 16.7 Å². The number of rotatable bonds is 8. The fourth-order valence-electron chi connectivity index (χ4n) is 2.20. The Bertz CT molecular complexity index is 1010. The molecule has 0 aromatic carbocycles. The number of nitrogens with two attached hydrogens (primary N) is 1. The number of ether oxygens (including phenoxy) is 1. The first-order valence-electron chi connectivity index (χ1n) is 7.32. The molecule has 0 aliphatic carbocycles. The second kappa shape index (κ2) is 14.9. The van der Waals surface area contributed by atoms with Crippen LogP contribution >= 0.6 is 23.5 Å². The molecule has 0 saturated carbocycles. The molecule has 18 nitrogen and oxygen atoms in total. The molecule has 1 fully saturated rings. The predicted molar refractivity (Wildman–Crippen MR) is 81.4 cm³/mol. The Morgan fingerprint density at radius 2 is 1.56 bits per heavy atom. The normalized spacial score (nSPS) is 25.4. The number of aromatic nitrogens is 2. The summed E-state index contributed by atoms with van der Waals surface area (Å²) in [6.45, 7) is -1.20. The van der Waals surface area contributed by atoms with Crippen LogP contribution in [0, 0.1) is 0 Å². The van der Waals surface area contributed by atoms with Gasteiger partial charge in [0.15, 0.2) is 17.8 Å². The number of hydrogen-bond acceptors (Lipinski definition) is 17. The van der Waals surface area contributed by atoms with E-state index in [1.165, 1.54) is 0 Å². The molecule has 0 radical (unpaired) electrons. The van der Waals surface area contributed by atoms with E-state index in [0.717, 1.165) is 0 Å². The van der Waals surface area contributed by atoms with Gasteiger partial charge in [0.05, 0.1) is 20.6 Å². The van der Waals surface area contributed by atoms with Gasteiger partial charge >= 0.3 is 81.1 Å². The molecule has 1 aromatic rings. The Balaban J connectivity index is -0.00000240. The molecule has 25 heteroatoms. The largest absolute Gasteiger partial charge is 1.00 e. The Kier molecular flexibility index (Phi) is 17.4. The SMILES string of the molecule is Nc1nc(=O)n(C2OC(COP(=O)([O-])OP(=O)([O-])OP(=O)([O-])[O-])C(O)C2O)cc1O.[Li+].[Li+].[Li+].[Li+]. The Morgan fingerprint density at radius 3 is 2.06 bits per heavy atom. The van der Waals surface area contributed by atoms with Crippen molar-refractivity contribution in [2.75, 3.05) is 12.3 Å². The van der Waals surface area contributed by atoms with Crippen LogP contribution in [0.15, 0.2) is 11.0 Å². The summed E-state index contributed by atoms with van der Waals surface area (Å²) in [5.74, 6) is -1.23. The van der Waals surface area contributed by atoms with Gasteiger partial charge in [0.2, 0.25) is 0 Å². The van der Waals surface area contributed by atoms with Crippen LogP contribution in [0.5, 0.6) is 5.75 Å². The fraction of sp³-hybridized carbons (Fsp3) is 0.556. The molecular weight excluding hydrogens is 511 g/mol. The maximum atomic E-state index is 11.8. The summed E-state index contributed by atoms with van der Waals surface area (Å²) >= 11 is 0. The monoisotopic (exact) mass is 523 g/mol. The zero-order chi connectivity index (χ0) is 23.1. The van der Waals surface area contributed by atoms with Gasteiger partial charge in [-0.05, 0) is 0 Å². The molecular formula is C9H12Li4N3O15P3. The summed E-state index contributed by atoms with van der Waals surface area (Å²) in [6, 6.07) is 0. The van der Waals surface area contributed by atoms with Gasteiger partial charge in [0, 0.05) is 0 Å². The zero-order valence-corrected chi connectivity index (χ0v) is 20.8. The number of nitrogens with zero attached hydrogens (tertiary/aromatic N) is 2.